The zero-order valence-electron chi connectivity index (χ0n) is 11.1. The summed E-state index contributed by atoms with van der Waals surface area (Å²) in [4.78, 5) is 15.3. The van der Waals surface area contributed by atoms with E-state index < -0.39 is 5.82 Å². The van der Waals surface area contributed by atoms with Crippen molar-refractivity contribution in [1.29, 1.82) is 0 Å². The molecule has 0 spiro atoms. The van der Waals surface area contributed by atoms with Crippen LogP contribution in [-0.2, 0) is 4.79 Å². The summed E-state index contributed by atoms with van der Waals surface area (Å²) in [6.45, 7) is 1.42. The first-order valence-corrected chi connectivity index (χ1v) is 7.01. The Bertz CT molecular complexity index is 825. The number of fused-ring (bicyclic) bond motifs is 1. The number of carbonyl (C=O) groups excluding carboxylic acids is 1. The number of anilines is 1. The average Bonchev–Trinajstić information content (AvgIpc) is 2.77. The summed E-state index contributed by atoms with van der Waals surface area (Å²) in [5, 5.41) is 12.6. The first-order chi connectivity index (χ1) is 10.0. The van der Waals surface area contributed by atoms with Crippen LogP contribution in [0.1, 0.15) is 6.92 Å². The second kappa shape index (κ2) is 5.14. The summed E-state index contributed by atoms with van der Waals surface area (Å²) in [6, 6.07) is 9.37. The molecule has 3 rings (SSSR count). The number of rotatable bonds is 2. The lowest BCUT2D eigenvalue weighted by Gasteiger charge is -2.03. The van der Waals surface area contributed by atoms with Gasteiger partial charge in [0.1, 0.15) is 11.6 Å². The quantitative estimate of drug-likeness (QED) is 0.757. The molecule has 0 unspecified atom stereocenters. The van der Waals surface area contributed by atoms with Crippen LogP contribution < -0.4 is 5.32 Å². The van der Waals surface area contributed by atoms with Crippen LogP contribution >= 0.6 is 11.3 Å². The lowest BCUT2D eigenvalue weighted by molar-refractivity contribution is -0.114. The minimum Gasteiger partial charge on any atom is -0.508 e. The van der Waals surface area contributed by atoms with Crippen molar-refractivity contribution in [2.24, 2.45) is 0 Å². The van der Waals surface area contributed by atoms with Crippen LogP contribution in [0.2, 0.25) is 0 Å². The molecule has 0 bridgehead atoms. The van der Waals surface area contributed by atoms with E-state index in [1.165, 1.54) is 30.4 Å². The first-order valence-electron chi connectivity index (χ1n) is 6.19. The van der Waals surface area contributed by atoms with Crippen molar-refractivity contribution in [1.82, 2.24) is 4.98 Å². The maximum atomic E-state index is 13.4. The van der Waals surface area contributed by atoms with Gasteiger partial charge in [0.2, 0.25) is 5.91 Å². The summed E-state index contributed by atoms with van der Waals surface area (Å²) in [5.74, 6) is -0.786. The van der Waals surface area contributed by atoms with Crippen LogP contribution in [0.5, 0.6) is 5.75 Å². The fourth-order valence-electron chi connectivity index (χ4n) is 2.05. The number of aromatic hydroxyl groups is 1. The number of aromatic nitrogens is 1. The predicted molar refractivity (Wildman–Crippen MR) is 81.0 cm³/mol. The molecule has 106 valence electrons. The lowest BCUT2D eigenvalue weighted by atomic mass is 10.1. The second-order valence-corrected chi connectivity index (χ2v) is 5.61. The van der Waals surface area contributed by atoms with E-state index in [0.29, 0.717) is 10.7 Å². The molecule has 0 radical (unpaired) electrons. The summed E-state index contributed by atoms with van der Waals surface area (Å²) >= 11 is 1.34. The Morgan fingerprint density at radius 3 is 2.76 bits per heavy atom. The Morgan fingerprint density at radius 1 is 1.24 bits per heavy atom. The molecule has 1 aromatic heterocycles. The van der Waals surface area contributed by atoms with E-state index in [0.717, 1.165) is 21.8 Å². The normalized spacial score (nSPS) is 10.8. The lowest BCUT2D eigenvalue weighted by Crippen LogP contribution is -2.04. The summed E-state index contributed by atoms with van der Waals surface area (Å²) in [6.07, 6.45) is 0. The highest BCUT2D eigenvalue weighted by Gasteiger charge is 2.08. The predicted octanol–water partition coefficient (Wildman–Crippen LogP) is 3.77. The van der Waals surface area contributed by atoms with Crippen LogP contribution in [0, 0.1) is 5.82 Å². The summed E-state index contributed by atoms with van der Waals surface area (Å²) < 4.78 is 14.2. The molecule has 0 aliphatic rings. The van der Waals surface area contributed by atoms with Gasteiger partial charge < -0.3 is 10.4 Å². The number of amides is 1. The molecule has 0 saturated carbocycles. The highest BCUT2D eigenvalue weighted by Crippen LogP contribution is 2.32. The van der Waals surface area contributed by atoms with Crippen molar-refractivity contribution in [2.45, 2.75) is 6.92 Å². The van der Waals surface area contributed by atoms with Crippen molar-refractivity contribution in [3.8, 4) is 16.9 Å². The van der Waals surface area contributed by atoms with Gasteiger partial charge in [0, 0.05) is 13.0 Å². The Kier molecular flexibility index (Phi) is 3.31. The molecule has 2 aromatic carbocycles. The minimum atomic E-state index is -0.492. The fourth-order valence-corrected chi connectivity index (χ4v) is 3.00. The van der Waals surface area contributed by atoms with E-state index in [2.05, 4.69) is 10.3 Å². The van der Waals surface area contributed by atoms with Crippen LogP contribution in [0.15, 0.2) is 36.4 Å². The molecule has 0 aliphatic heterocycles. The molecule has 0 fully saturated rings. The minimum absolute atomic E-state index is 0.117. The molecular weight excluding hydrogens is 291 g/mol. The van der Waals surface area contributed by atoms with Gasteiger partial charge in [-0.15, -0.1) is 0 Å². The zero-order chi connectivity index (χ0) is 15.0. The van der Waals surface area contributed by atoms with Gasteiger partial charge >= 0.3 is 0 Å². The van der Waals surface area contributed by atoms with E-state index in [4.69, 9.17) is 0 Å². The number of nitrogens with zero attached hydrogens (tertiary/aromatic N) is 1. The van der Waals surface area contributed by atoms with E-state index in [1.807, 2.05) is 6.07 Å². The molecule has 0 saturated heterocycles. The SMILES string of the molecule is CC(=O)Nc1nc2ccc(-c3cc(O)cc(F)c3)cc2s1. The number of benzene rings is 2. The zero-order valence-corrected chi connectivity index (χ0v) is 11.9. The average molecular weight is 302 g/mol. The van der Waals surface area contributed by atoms with Crippen LogP contribution in [0.3, 0.4) is 0 Å². The third-order valence-electron chi connectivity index (χ3n) is 2.89. The van der Waals surface area contributed by atoms with Gasteiger partial charge in [-0.25, -0.2) is 9.37 Å². The molecular formula is C15H11FN2O2S. The van der Waals surface area contributed by atoms with Gasteiger partial charge in [-0.1, -0.05) is 17.4 Å². The van der Waals surface area contributed by atoms with Crippen LogP contribution in [-0.4, -0.2) is 16.0 Å². The van der Waals surface area contributed by atoms with Crippen molar-refractivity contribution in [3.63, 3.8) is 0 Å². The molecule has 3 aromatic rings. The summed E-state index contributed by atoms with van der Waals surface area (Å²) in [7, 11) is 0. The van der Waals surface area contributed by atoms with Crippen molar-refractivity contribution >= 4 is 32.6 Å². The van der Waals surface area contributed by atoms with Crippen molar-refractivity contribution in [2.75, 3.05) is 5.32 Å². The Morgan fingerprint density at radius 2 is 2.05 bits per heavy atom. The van der Waals surface area contributed by atoms with E-state index in [-0.39, 0.29) is 11.7 Å². The number of halogens is 1. The highest BCUT2D eigenvalue weighted by atomic mass is 32.1. The third kappa shape index (κ3) is 2.85. The molecule has 6 heteroatoms. The molecule has 21 heavy (non-hydrogen) atoms. The maximum Gasteiger partial charge on any atom is 0.223 e. The van der Waals surface area contributed by atoms with E-state index in [1.54, 1.807) is 12.1 Å². The van der Waals surface area contributed by atoms with Gasteiger partial charge in [0.15, 0.2) is 5.13 Å². The Balaban J connectivity index is 2.05. The molecule has 1 amide bonds. The molecule has 1 heterocycles. The first kappa shape index (κ1) is 13.5. The topological polar surface area (TPSA) is 62.2 Å². The molecule has 0 atom stereocenters. The molecule has 4 nitrogen and oxygen atoms in total. The van der Waals surface area contributed by atoms with E-state index in [9.17, 15) is 14.3 Å². The van der Waals surface area contributed by atoms with E-state index >= 15 is 0 Å². The summed E-state index contributed by atoms with van der Waals surface area (Å²) in [5.41, 5.74) is 2.12. The van der Waals surface area contributed by atoms with Crippen molar-refractivity contribution in [3.05, 3.63) is 42.2 Å². The Labute approximate surface area is 123 Å². The van der Waals surface area contributed by atoms with Gasteiger partial charge in [-0.3, -0.25) is 4.79 Å². The number of nitrogens with one attached hydrogen (secondary N) is 1. The van der Waals surface area contributed by atoms with Gasteiger partial charge in [-0.05, 0) is 35.4 Å². The number of phenolic OH excluding ortho intramolecular Hbond substituents is 1. The number of carbonyl (C=O) groups is 1. The number of thiazole rings is 1. The maximum absolute atomic E-state index is 13.4. The second-order valence-electron chi connectivity index (χ2n) is 4.58. The number of hydrogen-bond acceptors (Lipinski definition) is 4. The smallest absolute Gasteiger partial charge is 0.223 e. The molecule has 2 N–H and O–H groups in total. The van der Waals surface area contributed by atoms with Crippen LogP contribution in [0.25, 0.3) is 21.3 Å². The highest BCUT2D eigenvalue weighted by molar-refractivity contribution is 7.22. The fraction of sp³-hybridized carbons (Fsp3) is 0.0667. The molecule has 0 aliphatic carbocycles. The van der Waals surface area contributed by atoms with Gasteiger partial charge in [-0.2, -0.15) is 0 Å². The standard InChI is InChI=1S/C15H11FN2O2S/c1-8(19)17-15-18-13-3-2-9(6-14(13)21-15)10-4-11(16)7-12(20)5-10/h2-7,20H,1H3,(H,17,18,19). The number of phenols is 1. The van der Waals surface area contributed by atoms with Gasteiger partial charge in [0.05, 0.1) is 10.2 Å². The van der Waals surface area contributed by atoms with Crippen LogP contribution in [0.4, 0.5) is 9.52 Å². The largest absolute Gasteiger partial charge is 0.508 e. The monoisotopic (exact) mass is 302 g/mol. The third-order valence-corrected chi connectivity index (χ3v) is 3.82. The van der Waals surface area contributed by atoms with Gasteiger partial charge in [0.25, 0.3) is 0 Å². The number of hydrogen-bond donors (Lipinski definition) is 2. The van der Waals surface area contributed by atoms with Crippen molar-refractivity contribution < 1.29 is 14.3 Å². The Hall–Kier alpha value is -2.47.